The van der Waals surface area contributed by atoms with Gasteiger partial charge in [-0.3, -0.25) is 4.79 Å². The molecule has 0 aromatic heterocycles. The summed E-state index contributed by atoms with van der Waals surface area (Å²) in [4.78, 5) is 11.7. The number of hydrogen-bond donors (Lipinski definition) is 2. The highest BCUT2D eigenvalue weighted by atomic mass is 19.1. The highest BCUT2D eigenvalue weighted by molar-refractivity contribution is 5.75. The predicted molar refractivity (Wildman–Crippen MR) is 84.3 cm³/mol. The van der Waals surface area contributed by atoms with Gasteiger partial charge in [-0.05, 0) is 56.8 Å². The molecular weight excluding hydrogens is 302 g/mol. The fourth-order valence-electron chi connectivity index (χ4n) is 2.68. The SMILES string of the molecule is O=C(CCCOc1ccc(F)cc1F)NCCC1CCCNC1. The number of carbonyl (C=O) groups is 1. The fraction of sp³-hybridized carbons (Fsp3) is 0.588. The topological polar surface area (TPSA) is 50.4 Å². The molecule has 2 N–H and O–H groups in total. The predicted octanol–water partition coefficient (Wildman–Crippen LogP) is 2.63. The van der Waals surface area contributed by atoms with Crippen LogP contribution in [0.25, 0.3) is 0 Å². The Balaban J connectivity index is 1.54. The van der Waals surface area contributed by atoms with Crippen LogP contribution in [0.15, 0.2) is 18.2 Å². The van der Waals surface area contributed by atoms with Gasteiger partial charge in [0.25, 0.3) is 0 Å². The summed E-state index contributed by atoms with van der Waals surface area (Å²) in [6.07, 6.45) is 4.26. The van der Waals surface area contributed by atoms with E-state index in [1.54, 1.807) is 0 Å². The largest absolute Gasteiger partial charge is 0.491 e. The number of piperidine rings is 1. The van der Waals surface area contributed by atoms with E-state index in [1.807, 2.05) is 0 Å². The van der Waals surface area contributed by atoms with Crippen LogP contribution in [0.4, 0.5) is 8.78 Å². The molecule has 6 heteroatoms. The maximum absolute atomic E-state index is 13.3. The summed E-state index contributed by atoms with van der Waals surface area (Å²) >= 11 is 0. The van der Waals surface area contributed by atoms with Crippen molar-refractivity contribution in [3.8, 4) is 5.75 Å². The third-order valence-corrected chi connectivity index (χ3v) is 3.97. The molecule has 1 aliphatic heterocycles. The number of carbonyl (C=O) groups excluding carboxylic acids is 1. The summed E-state index contributed by atoms with van der Waals surface area (Å²) in [7, 11) is 0. The van der Waals surface area contributed by atoms with Gasteiger partial charge in [0.2, 0.25) is 5.91 Å². The Morgan fingerprint density at radius 3 is 3.00 bits per heavy atom. The van der Waals surface area contributed by atoms with E-state index >= 15 is 0 Å². The molecule has 0 bridgehead atoms. The summed E-state index contributed by atoms with van der Waals surface area (Å²) < 4.78 is 31.3. The maximum Gasteiger partial charge on any atom is 0.220 e. The van der Waals surface area contributed by atoms with Gasteiger partial charge in [0.15, 0.2) is 11.6 Å². The van der Waals surface area contributed by atoms with Crippen molar-refractivity contribution < 1.29 is 18.3 Å². The molecule has 0 aliphatic carbocycles. The molecular formula is C17H24F2N2O2. The lowest BCUT2D eigenvalue weighted by molar-refractivity contribution is -0.121. The van der Waals surface area contributed by atoms with Crippen molar-refractivity contribution in [3.63, 3.8) is 0 Å². The Labute approximate surface area is 135 Å². The maximum atomic E-state index is 13.3. The number of ether oxygens (including phenoxy) is 1. The highest BCUT2D eigenvalue weighted by Gasteiger charge is 2.12. The van der Waals surface area contributed by atoms with Crippen LogP contribution in [0.5, 0.6) is 5.75 Å². The molecule has 0 spiro atoms. The van der Waals surface area contributed by atoms with E-state index in [9.17, 15) is 13.6 Å². The van der Waals surface area contributed by atoms with Gasteiger partial charge in [-0.1, -0.05) is 0 Å². The van der Waals surface area contributed by atoms with Crippen LogP contribution >= 0.6 is 0 Å². The monoisotopic (exact) mass is 326 g/mol. The molecule has 1 aromatic rings. The highest BCUT2D eigenvalue weighted by Crippen LogP contribution is 2.17. The Kier molecular flexibility index (Phi) is 7.26. The van der Waals surface area contributed by atoms with E-state index in [1.165, 1.54) is 18.9 Å². The van der Waals surface area contributed by atoms with Crippen molar-refractivity contribution in [1.82, 2.24) is 10.6 Å². The quantitative estimate of drug-likeness (QED) is 0.722. The first-order valence-electron chi connectivity index (χ1n) is 8.20. The summed E-state index contributed by atoms with van der Waals surface area (Å²) in [5.41, 5.74) is 0. The molecule has 128 valence electrons. The lowest BCUT2D eigenvalue weighted by Crippen LogP contribution is -2.33. The summed E-state index contributed by atoms with van der Waals surface area (Å²) in [6.45, 7) is 3.05. The Morgan fingerprint density at radius 1 is 1.39 bits per heavy atom. The summed E-state index contributed by atoms with van der Waals surface area (Å²) in [5, 5.41) is 6.26. The zero-order valence-corrected chi connectivity index (χ0v) is 13.2. The molecule has 1 aromatic carbocycles. The van der Waals surface area contributed by atoms with Crippen LogP contribution in [0, 0.1) is 17.6 Å². The third kappa shape index (κ3) is 6.52. The standard InChI is InChI=1S/C17H24F2N2O2/c18-14-5-6-16(15(19)11-14)23-10-2-4-17(22)21-9-7-13-3-1-8-20-12-13/h5-6,11,13,20H,1-4,7-10,12H2,(H,21,22). The number of halogens is 2. The van der Waals surface area contributed by atoms with Crippen molar-refractivity contribution in [2.24, 2.45) is 5.92 Å². The van der Waals surface area contributed by atoms with Crippen molar-refractivity contribution >= 4 is 5.91 Å². The van der Waals surface area contributed by atoms with Crippen LogP contribution in [-0.2, 0) is 4.79 Å². The first-order valence-corrected chi connectivity index (χ1v) is 8.20. The van der Waals surface area contributed by atoms with Crippen molar-refractivity contribution in [3.05, 3.63) is 29.8 Å². The molecule has 0 saturated carbocycles. The first kappa shape index (κ1) is 17.7. The van der Waals surface area contributed by atoms with Gasteiger partial charge in [0.05, 0.1) is 6.61 Å². The molecule has 1 heterocycles. The van der Waals surface area contributed by atoms with Crippen molar-refractivity contribution in [2.75, 3.05) is 26.2 Å². The smallest absolute Gasteiger partial charge is 0.220 e. The molecule has 2 rings (SSSR count). The number of hydrogen-bond acceptors (Lipinski definition) is 3. The molecule has 1 amide bonds. The summed E-state index contributed by atoms with van der Waals surface area (Å²) in [6, 6.07) is 3.18. The molecule has 1 saturated heterocycles. The molecule has 0 radical (unpaired) electrons. The molecule has 1 atom stereocenters. The average molecular weight is 326 g/mol. The minimum absolute atomic E-state index is 0.0107. The van der Waals surface area contributed by atoms with E-state index in [4.69, 9.17) is 4.74 Å². The Bertz CT molecular complexity index is 505. The number of benzene rings is 1. The molecule has 1 unspecified atom stereocenters. The van der Waals surface area contributed by atoms with Crippen LogP contribution in [0.3, 0.4) is 0 Å². The zero-order chi connectivity index (χ0) is 16.5. The van der Waals surface area contributed by atoms with Gasteiger partial charge < -0.3 is 15.4 Å². The first-order chi connectivity index (χ1) is 11.1. The van der Waals surface area contributed by atoms with E-state index in [0.717, 1.165) is 31.6 Å². The average Bonchev–Trinajstić information content (AvgIpc) is 2.54. The van der Waals surface area contributed by atoms with Crippen LogP contribution in [0.2, 0.25) is 0 Å². The minimum Gasteiger partial charge on any atom is -0.491 e. The number of nitrogens with one attached hydrogen (secondary N) is 2. The van der Waals surface area contributed by atoms with Gasteiger partial charge >= 0.3 is 0 Å². The normalized spacial score (nSPS) is 17.7. The van der Waals surface area contributed by atoms with Gasteiger partial charge in [0.1, 0.15) is 5.82 Å². The third-order valence-electron chi connectivity index (χ3n) is 3.97. The van der Waals surface area contributed by atoms with E-state index in [0.29, 0.717) is 25.3 Å². The molecule has 1 aliphatic rings. The Morgan fingerprint density at radius 2 is 2.26 bits per heavy atom. The zero-order valence-electron chi connectivity index (χ0n) is 13.2. The second-order valence-electron chi connectivity index (χ2n) is 5.88. The van der Waals surface area contributed by atoms with Crippen LogP contribution in [0.1, 0.15) is 32.1 Å². The van der Waals surface area contributed by atoms with Crippen LogP contribution < -0.4 is 15.4 Å². The van der Waals surface area contributed by atoms with E-state index < -0.39 is 11.6 Å². The lowest BCUT2D eigenvalue weighted by Gasteiger charge is -2.22. The molecule has 4 nitrogen and oxygen atoms in total. The fourth-order valence-corrected chi connectivity index (χ4v) is 2.68. The molecule has 1 fully saturated rings. The summed E-state index contributed by atoms with van der Waals surface area (Å²) in [5.74, 6) is -0.722. The van der Waals surface area contributed by atoms with Crippen molar-refractivity contribution in [1.29, 1.82) is 0 Å². The van der Waals surface area contributed by atoms with Gasteiger partial charge in [0, 0.05) is 19.0 Å². The van der Waals surface area contributed by atoms with E-state index in [2.05, 4.69) is 10.6 Å². The van der Waals surface area contributed by atoms with Crippen LogP contribution in [-0.4, -0.2) is 32.1 Å². The van der Waals surface area contributed by atoms with Gasteiger partial charge in [-0.2, -0.15) is 0 Å². The second kappa shape index (κ2) is 9.45. The number of rotatable bonds is 8. The van der Waals surface area contributed by atoms with Crippen molar-refractivity contribution in [2.45, 2.75) is 32.1 Å². The van der Waals surface area contributed by atoms with Gasteiger partial charge in [-0.25, -0.2) is 8.78 Å². The number of amides is 1. The second-order valence-corrected chi connectivity index (χ2v) is 5.88. The van der Waals surface area contributed by atoms with E-state index in [-0.39, 0.29) is 18.3 Å². The molecule has 23 heavy (non-hydrogen) atoms. The lowest BCUT2D eigenvalue weighted by atomic mass is 9.96. The van der Waals surface area contributed by atoms with Gasteiger partial charge in [-0.15, -0.1) is 0 Å². The Hall–Kier alpha value is -1.69. The minimum atomic E-state index is -0.726.